The summed E-state index contributed by atoms with van der Waals surface area (Å²) in [5.74, 6) is 0.231. The van der Waals surface area contributed by atoms with E-state index in [2.05, 4.69) is 4.98 Å². The van der Waals surface area contributed by atoms with Crippen molar-refractivity contribution in [3.63, 3.8) is 0 Å². The van der Waals surface area contributed by atoms with E-state index in [1.54, 1.807) is 12.1 Å². The lowest BCUT2D eigenvalue weighted by molar-refractivity contribution is 0.480. The molecule has 2 N–H and O–H groups in total. The standard InChI is InChI=1S/C13H9NOS/c15-11-7-3-5-9-12(11)14-10-6-2-1-4-8(10)13(9)16/h1-7,15H,(H,14,16). The van der Waals surface area contributed by atoms with E-state index in [1.807, 2.05) is 30.3 Å². The number of phenols is 1. The van der Waals surface area contributed by atoms with Gasteiger partial charge in [0.25, 0.3) is 0 Å². The Bertz CT molecular complexity index is 746. The third kappa shape index (κ3) is 1.22. The van der Waals surface area contributed by atoms with E-state index in [4.69, 9.17) is 12.2 Å². The molecule has 0 amide bonds. The van der Waals surface area contributed by atoms with Crippen LogP contribution in [0.4, 0.5) is 0 Å². The highest BCUT2D eigenvalue weighted by atomic mass is 32.1. The molecule has 3 heteroatoms. The lowest BCUT2D eigenvalue weighted by atomic mass is 10.1. The molecule has 3 aromatic rings. The van der Waals surface area contributed by atoms with Crippen molar-refractivity contribution in [1.29, 1.82) is 0 Å². The summed E-state index contributed by atoms with van der Waals surface area (Å²) >= 11 is 5.42. The van der Waals surface area contributed by atoms with Crippen molar-refractivity contribution in [3.05, 3.63) is 47.0 Å². The maximum Gasteiger partial charge on any atom is 0.139 e. The van der Waals surface area contributed by atoms with Crippen LogP contribution in [-0.4, -0.2) is 10.1 Å². The molecular formula is C13H9NOS. The van der Waals surface area contributed by atoms with E-state index in [0.717, 1.165) is 20.8 Å². The van der Waals surface area contributed by atoms with E-state index in [1.165, 1.54) is 0 Å². The van der Waals surface area contributed by atoms with Gasteiger partial charge in [-0.15, -0.1) is 0 Å². The Hall–Kier alpha value is -1.87. The van der Waals surface area contributed by atoms with E-state index in [-0.39, 0.29) is 5.75 Å². The third-order valence-corrected chi connectivity index (χ3v) is 3.16. The fraction of sp³-hybridized carbons (Fsp3) is 0. The Balaban J connectivity index is 2.67. The monoisotopic (exact) mass is 227 g/mol. The third-order valence-electron chi connectivity index (χ3n) is 2.72. The number of hydrogen-bond donors (Lipinski definition) is 2. The second kappa shape index (κ2) is 3.32. The number of nitrogens with one attached hydrogen (secondary N) is 1. The average molecular weight is 227 g/mol. The first-order valence-electron chi connectivity index (χ1n) is 5.00. The summed E-state index contributed by atoms with van der Waals surface area (Å²) in [5, 5.41) is 11.7. The zero-order chi connectivity index (χ0) is 11.1. The van der Waals surface area contributed by atoms with Gasteiger partial charge in [-0.2, -0.15) is 0 Å². The number of para-hydroxylation sites is 2. The lowest BCUT2D eigenvalue weighted by Gasteiger charge is -2.05. The smallest absolute Gasteiger partial charge is 0.139 e. The maximum absolute atomic E-state index is 9.78. The van der Waals surface area contributed by atoms with Crippen LogP contribution in [0.2, 0.25) is 0 Å². The molecule has 0 unspecified atom stereocenters. The summed E-state index contributed by atoms with van der Waals surface area (Å²) in [6.45, 7) is 0. The highest BCUT2D eigenvalue weighted by Crippen LogP contribution is 2.27. The fourth-order valence-electron chi connectivity index (χ4n) is 1.93. The molecular weight excluding hydrogens is 218 g/mol. The number of aromatic amines is 1. The highest BCUT2D eigenvalue weighted by molar-refractivity contribution is 7.72. The van der Waals surface area contributed by atoms with Gasteiger partial charge >= 0.3 is 0 Å². The van der Waals surface area contributed by atoms with Crippen molar-refractivity contribution in [3.8, 4) is 5.75 Å². The second-order valence-corrected chi connectivity index (χ2v) is 4.11. The Kier molecular flexibility index (Phi) is 1.94. The van der Waals surface area contributed by atoms with Crippen molar-refractivity contribution in [2.45, 2.75) is 0 Å². The summed E-state index contributed by atoms with van der Waals surface area (Å²) in [5.41, 5.74) is 1.65. The average Bonchev–Trinajstić information content (AvgIpc) is 2.31. The fourth-order valence-corrected chi connectivity index (χ4v) is 2.28. The van der Waals surface area contributed by atoms with E-state index in [0.29, 0.717) is 5.52 Å². The number of fused-ring (bicyclic) bond motifs is 2. The molecule has 0 aliphatic heterocycles. The minimum Gasteiger partial charge on any atom is -0.506 e. The summed E-state index contributed by atoms with van der Waals surface area (Å²) in [6, 6.07) is 13.2. The van der Waals surface area contributed by atoms with Crippen LogP contribution in [0.25, 0.3) is 21.8 Å². The van der Waals surface area contributed by atoms with Crippen LogP contribution in [0.1, 0.15) is 0 Å². The molecule has 0 spiro atoms. The molecule has 3 rings (SSSR count). The van der Waals surface area contributed by atoms with Gasteiger partial charge in [-0.3, -0.25) is 0 Å². The van der Waals surface area contributed by atoms with Crippen molar-refractivity contribution < 1.29 is 5.11 Å². The molecule has 78 valence electrons. The summed E-state index contributed by atoms with van der Waals surface area (Å²) < 4.78 is 0.778. The molecule has 2 nitrogen and oxygen atoms in total. The Morgan fingerprint density at radius 2 is 1.69 bits per heavy atom. The molecule has 1 aromatic heterocycles. The first-order chi connectivity index (χ1) is 7.77. The van der Waals surface area contributed by atoms with Gasteiger partial charge in [-0.05, 0) is 12.1 Å². The summed E-state index contributed by atoms with van der Waals surface area (Å²) in [6.07, 6.45) is 0. The van der Waals surface area contributed by atoms with Gasteiger partial charge in [0.05, 0.1) is 10.0 Å². The van der Waals surface area contributed by atoms with E-state index in [9.17, 15) is 5.11 Å². The number of benzene rings is 2. The molecule has 0 saturated heterocycles. The predicted molar refractivity (Wildman–Crippen MR) is 68.3 cm³/mol. The van der Waals surface area contributed by atoms with Crippen LogP contribution in [0.5, 0.6) is 5.75 Å². The highest BCUT2D eigenvalue weighted by Gasteiger charge is 2.04. The molecule has 0 aliphatic rings. The van der Waals surface area contributed by atoms with E-state index >= 15 is 0 Å². The molecule has 0 radical (unpaired) electrons. The van der Waals surface area contributed by atoms with Crippen LogP contribution in [-0.2, 0) is 0 Å². The maximum atomic E-state index is 9.78. The number of H-pyrrole nitrogens is 1. The molecule has 1 heterocycles. The lowest BCUT2D eigenvalue weighted by Crippen LogP contribution is -1.84. The van der Waals surface area contributed by atoms with Gasteiger partial charge in [-0.1, -0.05) is 42.5 Å². The van der Waals surface area contributed by atoms with Gasteiger partial charge in [0.1, 0.15) is 5.75 Å². The molecule has 2 aromatic carbocycles. The molecule has 0 atom stereocenters. The minimum absolute atomic E-state index is 0.231. The molecule has 16 heavy (non-hydrogen) atoms. The molecule has 0 bridgehead atoms. The summed E-state index contributed by atoms with van der Waals surface area (Å²) in [7, 11) is 0. The largest absolute Gasteiger partial charge is 0.506 e. The first kappa shape index (κ1) is 9.36. The van der Waals surface area contributed by atoms with Crippen LogP contribution < -0.4 is 0 Å². The number of pyridine rings is 1. The van der Waals surface area contributed by atoms with Gasteiger partial charge in [0.15, 0.2) is 0 Å². The number of phenolic OH excluding ortho intramolecular Hbond substituents is 1. The number of aromatic nitrogens is 1. The van der Waals surface area contributed by atoms with Crippen LogP contribution in [0, 0.1) is 4.51 Å². The van der Waals surface area contributed by atoms with Crippen molar-refractivity contribution in [1.82, 2.24) is 4.98 Å². The Labute approximate surface area is 97.2 Å². The van der Waals surface area contributed by atoms with Crippen LogP contribution >= 0.6 is 12.2 Å². The normalized spacial score (nSPS) is 11.0. The van der Waals surface area contributed by atoms with Crippen LogP contribution in [0.15, 0.2) is 42.5 Å². The summed E-state index contributed by atoms with van der Waals surface area (Å²) in [4.78, 5) is 3.20. The molecule has 0 fully saturated rings. The Morgan fingerprint density at radius 1 is 0.938 bits per heavy atom. The topological polar surface area (TPSA) is 36.0 Å². The quantitative estimate of drug-likeness (QED) is 0.453. The van der Waals surface area contributed by atoms with Crippen molar-refractivity contribution >= 4 is 34.0 Å². The minimum atomic E-state index is 0.231. The number of aromatic hydroxyl groups is 1. The number of rotatable bonds is 0. The van der Waals surface area contributed by atoms with Gasteiger partial charge in [-0.25, -0.2) is 0 Å². The van der Waals surface area contributed by atoms with E-state index < -0.39 is 0 Å². The second-order valence-electron chi connectivity index (χ2n) is 3.70. The van der Waals surface area contributed by atoms with Crippen molar-refractivity contribution in [2.24, 2.45) is 0 Å². The predicted octanol–water partition coefficient (Wildman–Crippen LogP) is 3.76. The molecule has 0 aliphatic carbocycles. The van der Waals surface area contributed by atoms with Gasteiger partial charge in [0.2, 0.25) is 0 Å². The SMILES string of the molecule is Oc1cccc2c(=S)c3ccccc3[nH]c12. The number of hydrogen-bond acceptors (Lipinski definition) is 2. The van der Waals surface area contributed by atoms with Crippen LogP contribution in [0.3, 0.4) is 0 Å². The Morgan fingerprint density at radius 3 is 2.56 bits per heavy atom. The zero-order valence-corrected chi connectivity index (χ0v) is 9.21. The van der Waals surface area contributed by atoms with Gasteiger partial charge in [0, 0.05) is 16.3 Å². The molecule has 0 saturated carbocycles. The van der Waals surface area contributed by atoms with Gasteiger partial charge < -0.3 is 10.1 Å². The van der Waals surface area contributed by atoms with Crippen molar-refractivity contribution in [2.75, 3.05) is 0 Å². The zero-order valence-electron chi connectivity index (χ0n) is 8.40. The first-order valence-corrected chi connectivity index (χ1v) is 5.41.